The molecule has 5 heteroatoms. The smallest absolute Gasteiger partial charge is 0.311 e. The Morgan fingerprint density at radius 1 is 1.07 bits per heavy atom. The Hall–Kier alpha value is -1.52. The van der Waals surface area contributed by atoms with Crippen molar-refractivity contribution in [2.45, 2.75) is 71.1 Å². The first-order valence-corrected chi connectivity index (χ1v) is 11.0. The van der Waals surface area contributed by atoms with E-state index in [1.54, 1.807) is 0 Å². The van der Waals surface area contributed by atoms with E-state index in [-0.39, 0.29) is 5.97 Å². The summed E-state index contributed by atoms with van der Waals surface area (Å²) in [5, 5.41) is 1.56. The lowest BCUT2D eigenvalue weighted by molar-refractivity contribution is -0.134. The molecule has 0 bridgehead atoms. The second kappa shape index (κ2) is 12.1. The van der Waals surface area contributed by atoms with Gasteiger partial charge in [0.2, 0.25) is 0 Å². The minimum absolute atomic E-state index is 0.158. The fraction of sp³-hybridized carbons (Fsp3) is 0.609. The lowest BCUT2D eigenvalue weighted by atomic mass is 10.1. The van der Waals surface area contributed by atoms with Crippen molar-refractivity contribution in [2.75, 3.05) is 20.6 Å². The lowest BCUT2D eigenvalue weighted by Crippen LogP contribution is -2.15. The second-order valence-electron chi connectivity index (χ2n) is 7.85. The average Bonchev–Trinajstić information content (AvgIpc) is 2.98. The zero-order valence-corrected chi connectivity index (χ0v) is 18.4. The highest BCUT2D eigenvalue weighted by Gasteiger charge is 2.16. The molecule has 0 amide bonds. The molecule has 28 heavy (non-hydrogen) atoms. The molecule has 0 aliphatic carbocycles. The topological polar surface area (TPSA) is 45.3 Å². The van der Waals surface area contributed by atoms with E-state index in [0.29, 0.717) is 17.3 Å². The maximum absolute atomic E-state index is 12.3. The van der Waals surface area contributed by atoms with Crippen LogP contribution >= 0.6 is 11.6 Å². The highest BCUT2D eigenvalue weighted by atomic mass is 35.5. The first-order chi connectivity index (χ1) is 13.5. The van der Waals surface area contributed by atoms with Crippen molar-refractivity contribution >= 4 is 28.5 Å². The van der Waals surface area contributed by atoms with Crippen LogP contribution in [-0.4, -0.2) is 36.5 Å². The van der Waals surface area contributed by atoms with Gasteiger partial charge in [0, 0.05) is 23.9 Å². The normalized spacial score (nSPS) is 11.5. The van der Waals surface area contributed by atoms with Crippen molar-refractivity contribution < 1.29 is 9.53 Å². The van der Waals surface area contributed by atoms with E-state index in [4.69, 9.17) is 16.3 Å². The molecule has 0 fully saturated rings. The number of nitrogens with one attached hydrogen (secondary N) is 1. The van der Waals surface area contributed by atoms with Gasteiger partial charge >= 0.3 is 5.97 Å². The Balaban J connectivity index is 1.88. The molecule has 1 heterocycles. The van der Waals surface area contributed by atoms with Gasteiger partial charge in [-0.1, -0.05) is 69.5 Å². The lowest BCUT2D eigenvalue weighted by Gasteiger charge is -2.11. The van der Waals surface area contributed by atoms with E-state index in [0.717, 1.165) is 42.3 Å². The van der Waals surface area contributed by atoms with Gasteiger partial charge in [0.15, 0.2) is 0 Å². The van der Waals surface area contributed by atoms with Crippen molar-refractivity contribution in [3.63, 3.8) is 0 Å². The molecule has 1 aromatic heterocycles. The number of unbranched alkanes of at least 4 members (excludes halogenated alkanes) is 7. The summed E-state index contributed by atoms with van der Waals surface area (Å²) >= 11 is 6.41. The van der Waals surface area contributed by atoms with E-state index in [1.807, 2.05) is 32.3 Å². The average molecular weight is 407 g/mol. The number of H-pyrrole nitrogens is 1. The largest absolute Gasteiger partial charge is 0.426 e. The number of fused-ring (bicyclic) bond motifs is 1. The number of rotatable bonds is 13. The van der Waals surface area contributed by atoms with E-state index in [2.05, 4.69) is 16.8 Å². The SMILES string of the molecule is CCCCCCCCCCC(=O)Oc1cccc2[nH]c(Cl)c(CCN(C)C)c12. The molecule has 156 valence electrons. The molecule has 1 N–H and O–H groups in total. The van der Waals surface area contributed by atoms with Crippen LogP contribution in [0.15, 0.2) is 18.2 Å². The number of ether oxygens (including phenoxy) is 1. The molecular formula is C23H35ClN2O2. The van der Waals surface area contributed by atoms with Crippen LogP contribution in [0.1, 0.15) is 70.3 Å². The molecule has 0 atom stereocenters. The number of aromatic amines is 1. The molecule has 1 aromatic carbocycles. The predicted molar refractivity (Wildman–Crippen MR) is 118 cm³/mol. The highest BCUT2D eigenvalue weighted by molar-refractivity contribution is 6.32. The first-order valence-electron chi connectivity index (χ1n) is 10.7. The molecule has 2 aromatic rings. The Kier molecular flexibility index (Phi) is 9.86. The predicted octanol–water partition coefficient (Wildman–Crippen LogP) is 6.36. The Labute approximate surface area is 174 Å². The van der Waals surface area contributed by atoms with Crippen molar-refractivity contribution in [2.24, 2.45) is 0 Å². The summed E-state index contributed by atoms with van der Waals surface area (Å²) in [6.07, 6.45) is 11.0. The monoisotopic (exact) mass is 406 g/mol. The summed E-state index contributed by atoms with van der Waals surface area (Å²) < 4.78 is 5.72. The molecular weight excluding hydrogens is 372 g/mol. The van der Waals surface area contributed by atoms with Crippen molar-refractivity contribution in [3.05, 3.63) is 28.9 Å². The Morgan fingerprint density at radius 3 is 2.43 bits per heavy atom. The maximum Gasteiger partial charge on any atom is 0.311 e. The number of esters is 1. The van der Waals surface area contributed by atoms with Gasteiger partial charge in [-0.3, -0.25) is 4.79 Å². The molecule has 4 nitrogen and oxygen atoms in total. The van der Waals surface area contributed by atoms with E-state index in [1.165, 1.54) is 38.5 Å². The van der Waals surface area contributed by atoms with Crippen LogP contribution in [0.25, 0.3) is 10.9 Å². The summed E-state index contributed by atoms with van der Waals surface area (Å²) in [7, 11) is 4.07. The van der Waals surface area contributed by atoms with Crippen LogP contribution in [0.4, 0.5) is 0 Å². The van der Waals surface area contributed by atoms with Crippen molar-refractivity contribution in [3.8, 4) is 5.75 Å². The summed E-state index contributed by atoms with van der Waals surface area (Å²) in [4.78, 5) is 17.7. The highest BCUT2D eigenvalue weighted by Crippen LogP contribution is 2.34. The quantitative estimate of drug-likeness (QED) is 0.239. The van der Waals surface area contributed by atoms with Crippen LogP contribution in [0.5, 0.6) is 5.75 Å². The molecule has 0 saturated heterocycles. The summed E-state index contributed by atoms with van der Waals surface area (Å²) in [5.41, 5.74) is 1.93. The molecule has 0 spiro atoms. The Morgan fingerprint density at radius 2 is 1.75 bits per heavy atom. The molecule has 0 saturated carbocycles. The minimum Gasteiger partial charge on any atom is -0.426 e. The Bertz CT molecular complexity index is 740. The number of likely N-dealkylation sites (N-methyl/N-ethyl adjacent to an activating group) is 1. The van der Waals surface area contributed by atoms with Crippen molar-refractivity contribution in [1.82, 2.24) is 9.88 Å². The van der Waals surface area contributed by atoms with Gasteiger partial charge in [-0.2, -0.15) is 0 Å². The van der Waals surface area contributed by atoms with Gasteiger partial charge < -0.3 is 14.6 Å². The summed E-state index contributed by atoms with van der Waals surface area (Å²) in [6, 6.07) is 5.72. The maximum atomic E-state index is 12.3. The number of nitrogens with zero attached hydrogens (tertiary/aromatic N) is 1. The number of carbonyl (C=O) groups excluding carboxylic acids is 1. The standard InChI is InChI=1S/C23H35ClN2O2/c1-4-5-6-7-8-9-10-11-15-21(27)28-20-14-12-13-19-22(20)18(23(24)25-19)16-17-26(2)3/h12-14,25H,4-11,15-17H2,1-3H3. The van der Waals surface area contributed by atoms with Crippen LogP contribution in [0.3, 0.4) is 0 Å². The first kappa shape index (κ1) is 22.8. The molecule has 2 rings (SSSR count). The number of hydrogen-bond donors (Lipinski definition) is 1. The van der Waals surface area contributed by atoms with E-state index >= 15 is 0 Å². The van der Waals surface area contributed by atoms with Gasteiger partial charge in [-0.25, -0.2) is 0 Å². The fourth-order valence-corrected chi connectivity index (χ4v) is 3.77. The molecule has 0 unspecified atom stereocenters. The third-order valence-corrected chi connectivity index (χ3v) is 5.43. The third kappa shape index (κ3) is 7.14. The van der Waals surface area contributed by atoms with E-state index < -0.39 is 0 Å². The van der Waals surface area contributed by atoms with Crippen LogP contribution in [0, 0.1) is 0 Å². The summed E-state index contributed by atoms with van der Waals surface area (Å²) in [5.74, 6) is 0.452. The second-order valence-corrected chi connectivity index (χ2v) is 8.23. The number of hydrogen-bond acceptors (Lipinski definition) is 3. The van der Waals surface area contributed by atoms with Crippen LogP contribution in [0.2, 0.25) is 5.15 Å². The zero-order valence-electron chi connectivity index (χ0n) is 17.7. The van der Waals surface area contributed by atoms with Gasteiger partial charge in [0.25, 0.3) is 0 Å². The number of aromatic nitrogens is 1. The van der Waals surface area contributed by atoms with Crippen LogP contribution < -0.4 is 4.74 Å². The van der Waals surface area contributed by atoms with Crippen molar-refractivity contribution in [1.29, 1.82) is 0 Å². The number of benzene rings is 1. The third-order valence-electron chi connectivity index (χ3n) is 5.10. The van der Waals surface area contributed by atoms with E-state index in [9.17, 15) is 4.79 Å². The zero-order chi connectivity index (χ0) is 20.4. The minimum atomic E-state index is -0.158. The molecule has 0 radical (unpaired) electrons. The number of halogens is 1. The van der Waals surface area contributed by atoms with Gasteiger partial charge in [-0.15, -0.1) is 0 Å². The van der Waals surface area contributed by atoms with Crippen LogP contribution in [-0.2, 0) is 11.2 Å². The summed E-state index contributed by atoms with van der Waals surface area (Å²) in [6.45, 7) is 3.12. The molecule has 0 aliphatic heterocycles. The molecule has 0 aliphatic rings. The van der Waals surface area contributed by atoms with Gasteiger partial charge in [-0.05, 0) is 39.1 Å². The fourth-order valence-electron chi connectivity index (χ4n) is 3.48. The van der Waals surface area contributed by atoms with Gasteiger partial charge in [0.05, 0.1) is 5.52 Å². The number of carbonyl (C=O) groups is 1. The van der Waals surface area contributed by atoms with Gasteiger partial charge in [0.1, 0.15) is 10.9 Å².